The Balaban J connectivity index is 1.69. The van der Waals surface area contributed by atoms with E-state index < -0.39 is 10.0 Å². The zero-order valence-electron chi connectivity index (χ0n) is 11.2. The summed E-state index contributed by atoms with van der Waals surface area (Å²) >= 11 is 0. The van der Waals surface area contributed by atoms with E-state index in [0.717, 1.165) is 18.4 Å². The van der Waals surface area contributed by atoms with E-state index in [4.69, 9.17) is 4.52 Å². The van der Waals surface area contributed by atoms with Crippen LogP contribution in [0.1, 0.15) is 24.1 Å². The van der Waals surface area contributed by atoms with Crippen LogP contribution in [0.3, 0.4) is 0 Å². The van der Waals surface area contributed by atoms with Gasteiger partial charge < -0.3 is 4.52 Å². The summed E-state index contributed by atoms with van der Waals surface area (Å²) in [6.45, 7) is 2.19. The Kier molecular flexibility index (Phi) is 3.35. The van der Waals surface area contributed by atoms with Gasteiger partial charge in [0.2, 0.25) is 10.0 Å². The molecular formula is C14H16N2O3S. The molecule has 0 bridgehead atoms. The van der Waals surface area contributed by atoms with E-state index in [1.165, 1.54) is 5.56 Å². The Morgan fingerprint density at radius 2 is 2.00 bits per heavy atom. The van der Waals surface area contributed by atoms with Crippen molar-refractivity contribution >= 4 is 10.0 Å². The summed E-state index contributed by atoms with van der Waals surface area (Å²) < 4.78 is 31.2. The molecule has 0 radical (unpaired) electrons. The second-order valence-electron chi connectivity index (χ2n) is 5.11. The maximum absolute atomic E-state index is 11.7. The van der Waals surface area contributed by atoms with Gasteiger partial charge in [0.05, 0.1) is 17.5 Å². The van der Waals surface area contributed by atoms with Gasteiger partial charge in [-0.15, -0.1) is 0 Å². The van der Waals surface area contributed by atoms with Crippen molar-refractivity contribution in [3.05, 3.63) is 41.6 Å². The Bertz CT molecular complexity index is 700. The molecule has 1 N–H and O–H groups in total. The molecule has 6 heteroatoms. The summed E-state index contributed by atoms with van der Waals surface area (Å²) in [6, 6.07) is 9.66. The van der Waals surface area contributed by atoms with Crippen LogP contribution in [0.2, 0.25) is 0 Å². The number of sulfonamides is 1. The zero-order valence-corrected chi connectivity index (χ0v) is 12.0. The second kappa shape index (κ2) is 5.03. The Hall–Kier alpha value is -1.66. The molecule has 0 spiro atoms. The first kappa shape index (κ1) is 13.3. The fraction of sp³-hybridized carbons (Fsp3) is 0.357. The fourth-order valence-corrected chi connectivity index (χ4v) is 3.26. The Morgan fingerprint density at radius 3 is 2.65 bits per heavy atom. The second-order valence-corrected chi connectivity index (χ2v) is 7.16. The number of nitrogens with zero attached hydrogens (tertiary/aromatic N) is 1. The highest BCUT2D eigenvalue weighted by Crippen LogP contribution is 2.27. The van der Waals surface area contributed by atoms with Crippen molar-refractivity contribution in [1.82, 2.24) is 9.88 Å². The molecule has 1 saturated carbocycles. The maximum atomic E-state index is 11.7. The number of aryl methyl sites for hydroxylation is 1. The third kappa shape index (κ3) is 2.91. The van der Waals surface area contributed by atoms with Gasteiger partial charge in [0.1, 0.15) is 0 Å². The van der Waals surface area contributed by atoms with Crippen molar-refractivity contribution in [3.8, 4) is 11.3 Å². The number of aromatic nitrogens is 1. The first-order valence-corrected chi connectivity index (χ1v) is 8.10. The number of hydrogen-bond acceptors (Lipinski definition) is 4. The van der Waals surface area contributed by atoms with Crippen LogP contribution in [-0.2, 0) is 16.6 Å². The predicted octanol–water partition coefficient (Wildman–Crippen LogP) is 2.23. The van der Waals surface area contributed by atoms with Crippen molar-refractivity contribution in [2.24, 2.45) is 0 Å². The van der Waals surface area contributed by atoms with Crippen LogP contribution >= 0.6 is 0 Å². The molecule has 0 atom stereocenters. The minimum atomic E-state index is -3.18. The molecule has 1 fully saturated rings. The van der Waals surface area contributed by atoms with Crippen LogP contribution in [0.25, 0.3) is 11.3 Å². The van der Waals surface area contributed by atoms with Crippen LogP contribution in [0, 0.1) is 6.92 Å². The number of nitrogens with one attached hydrogen (secondary N) is 1. The lowest BCUT2D eigenvalue weighted by molar-refractivity contribution is 0.422. The van der Waals surface area contributed by atoms with E-state index in [1.807, 2.05) is 31.2 Å². The van der Waals surface area contributed by atoms with Crippen LogP contribution < -0.4 is 4.72 Å². The minimum Gasteiger partial charge on any atom is -0.356 e. The number of hydrogen-bond donors (Lipinski definition) is 1. The maximum Gasteiger partial charge on any atom is 0.214 e. The van der Waals surface area contributed by atoms with Gasteiger partial charge in [-0.3, -0.25) is 0 Å². The van der Waals surface area contributed by atoms with Gasteiger partial charge in [0.15, 0.2) is 5.76 Å². The molecule has 20 heavy (non-hydrogen) atoms. The molecule has 0 unspecified atom stereocenters. The molecular weight excluding hydrogens is 276 g/mol. The lowest BCUT2D eigenvalue weighted by Gasteiger charge is -2.01. The number of benzene rings is 1. The SMILES string of the molecule is Cc1ccc(-c2cc(CNS(=O)(=O)C3CC3)no2)cc1. The molecule has 1 heterocycles. The molecule has 0 aliphatic heterocycles. The van der Waals surface area contributed by atoms with Crippen molar-refractivity contribution in [2.75, 3.05) is 0 Å². The first-order chi connectivity index (χ1) is 9.54. The highest BCUT2D eigenvalue weighted by molar-refractivity contribution is 7.90. The summed E-state index contributed by atoms with van der Waals surface area (Å²) in [5, 5.41) is 3.68. The van der Waals surface area contributed by atoms with Crippen molar-refractivity contribution < 1.29 is 12.9 Å². The van der Waals surface area contributed by atoms with Gasteiger partial charge in [-0.1, -0.05) is 35.0 Å². The summed E-state index contributed by atoms with van der Waals surface area (Å²) in [5.41, 5.74) is 2.69. The van der Waals surface area contributed by atoms with E-state index in [0.29, 0.717) is 11.5 Å². The van der Waals surface area contributed by atoms with E-state index >= 15 is 0 Å². The minimum absolute atomic E-state index is 0.175. The average Bonchev–Trinajstić information content (AvgIpc) is 3.18. The standard InChI is InChI=1S/C14H16N2O3S/c1-10-2-4-11(5-3-10)14-8-12(16-19-14)9-15-20(17,18)13-6-7-13/h2-5,8,13,15H,6-7,9H2,1H3. The van der Waals surface area contributed by atoms with Gasteiger partial charge in [-0.2, -0.15) is 0 Å². The van der Waals surface area contributed by atoms with Gasteiger partial charge in [-0.05, 0) is 19.8 Å². The Morgan fingerprint density at radius 1 is 1.30 bits per heavy atom. The lowest BCUT2D eigenvalue weighted by Crippen LogP contribution is -2.26. The third-order valence-electron chi connectivity index (χ3n) is 3.31. The number of rotatable bonds is 5. The summed E-state index contributed by atoms with van der Waals surface area (Å²) in [5.74, 6) is 0.644. The largest absolute Gasteiger partial charge is 0.356 e. The summed E-state index contributed by atoms with van der Waals surface area (Å²) in [7, 11) is -3.18. The van der Waals surface area contributed by atoms with Crippen LogP contribution in [0.15, 0.2) is 34.9 Å². The zero-order chi connectivity index (χ0) is 14.2. The van der Waals surface area contributed by atoms with Gasteiger partial charge >= 0.3 is 0 Å². The topological polar surface area (TPSA) is 72.2 Å². The normalized spacial score (nSPS) is 15.4. The van der Waals surface area contributed by atoms with E-state index in [9.17, 15) is 8.42 Å². The van der Waals surface area contributed by atoms with Crippen LogP contribution in [0.4, 0.5) is 0 Å². The van der Waals surface area contributed by atoms with Crippen LogP contribution in [-0.4, -0.2) is 18.8 Å². The summed E-state index contributed by atoms with van der Waals surface area (Å²) in [6.07, 6.45) is 1.51. The molecule has 0 saturated heterocycles. The molecule has 1 aliphatic carbocycles. The third-order valence-corrected chi connectivity index (χ3v) is 5.21. The van der Waals surface area contributed by atoms with Crippen molar-refractivity contribution in [2.45, 2.75) is 31.6 Å². The highest BCUT2D eigenvalue weighted by Gasteiger charge is 2.35. The van der Waals surface area contributed by atoms with Crippen LogP contribution in [0.5, 0.6) is 0 Å². The molecule has 5 nitrogen and oxygen atoms in total. The highest BCUT2D eigenvalue weighted by atomic mass is 32.2. The fourth-order valence-electron chi connectivity index (χ4n) is 1.92. The average molecular weight is 292 g/mol. The lowest BCUT2D eigenvalue weighted by atomic mass is 10.1. The Labute approximate surface area is 118 Å². The molecule has 1 aromatic carbocycles. The smallest absolute Gasteiger partial charge is 0.214 e. The molecule has 1 aliphatic rings. The van der Waals surface area contributed by atoms with Gasteiger partial charge in [0.25, 0.3) is 0 Å². The molecule has 2 aromatic rings. The van der Waals surface area contributed by atoms with E-state index in [1.54, 1.807) is 6.07 Å². The monoisotopic (exact) mass is 292 g/mol. The van der Waals surface area contributed by atoms with Crippen molar-refractivity contribution in [3.63, 3.8) is 0 Å². The molecule has 1 aromatic heterocycles. The van der Waals surface area contributed by atoms with Gasteiger partial charge in [-0.25, -0.2) is 13.1 Å². The molecule has 106 valence electrons. The quantitative estimate of drug-likeness (QED) is 0.917. The first-order valence-electron chi connectivity index (χ1n) is 6.56. The van der Waals surface area contributed by atoms with Gasteiger partial charge in [0, 0.05) is 11.6 Å². The molecule has 3 rings (SSSR count). The van der Waals surface area contributed by atoms with E-state index in [-0.39, 0.29) is 11.8 Å². The predicted molar refractivity (Wildman–Crippen MR) is 75.5 cm³/mol. The molecule has 0 amide bonds. The van der Waals surface area contributed by atoms with Crippen molar-refractivity contribution in [1.29, 1.82) is 0 Å². The summed E-state index contributed by atoms with van der Waals surface area (Å²) in [4.78, 5) is 0. The van der Waals surface area contributed by atoms with E-state index in [2.05, 4.69) is 9.88 Å².